The second-order valence-corrected chi connectivity index (χ2v) is 9.84. The molecule has 2 aromatic rings. The molecule has 1 aromatic carbocycles. The topological polar surface area (TPSA) is 115 Å². The highest BCUT2D eigenvalue weighted by molar-refractivity contribution is 8.03. The number of hydrogen-bond acceptors (Lipinski definition) is 7. The Bertz CT molecular complexity index is 813. The zero-order valence-electron chi connectivity index (χ0n) is 12.7. The third-order valence-electron chi connectivity index (χ3n) is 2.84. The molecular formula is C13H16N4O3S3. The van der Waals surface area contributed by atoms with Gasteiger partial charge in [-0.25, -0.2) is 13.6 Å². The second-order valence-electron chi connectivity index (χ2n) is 5.22. The summed E-state index contributed by atoms with van der Waals surface area (Å²) in [5, 5.41) is 16.5. The Balaban J connectivity index is 2.08. The van der Waals surface area contributed by atoms with Crippen LogP contribution in [0.15, 0.2) is 33.5 Å². The van der Waals surface area contributed by atoms with Crippen molar-refractivity contribution in [2.45, 2.75) is 34.8 Å². The lowest BCUT2D eigenvalue weighted by Gasteiger charge is -2.21. The van der Waals surface area contributed by atoms with Crippen molar-refractivity contribution in [2.24, 2.45) is 5.14 Å². The van der Waals surface area contributed by atoms with Crippen LogP contribution in [0.25, 0.3) is 0 Å². The molecule has 10 heteroatoms. The number of nitrogens with one attached hydrogen (secondary N) is 1. The van der Waals surface area contributed by atoms with Gasteiger partial charge in [0.25, 0.3) is 0 Å². The molecule has 0 unspecified atom stereocenters. The molecule has 0 aliphatic heterocycles. The zero-order valence-corrected chi connectivity index (χ0v) is 15.2. The van der Waals surface area contributed by atoms with Gasteiger partial charge in [-0.1, -0.05) is 23.1 Å². The number of nitrogens with two attached hydrogens (primary N) is 1. The molecule has 1 heterocycles. The predicted molar refractivity (Wildman–Crippen MR) is 91.0 cm³/mol. The van der Waals surface area contributed by atoms with Crippen LogP contribution in [0.4, 0.5) is 5.69 Å². The average Bonchev–Trinajstić information content (AvgIpc) is 2.83. The van der Waals surface area contributed by atoms with Crippen LogP contribution in [0.5, 0.6) is 0 Å². The van der Waals surface area contributed by atoms with E-state index in [0.717, 1.165) is 5.01 Å². The van der Waals surface area contributed by atoms with E-state index in [1.165, 1.54) is 47.4 Å². The van der Waals surface area contributed by atoms with Gasteiger partial charge < -0.3 is 5.32 Å². The minimum Gasteiger partial charge on any atom is -0.325 e. The van der Waals surface area contributed by atoms with Crippen molar-refractivity contribution in [3.8, 4) is 0 Å². The summed E-state index contributed by atoms with van der Waals surface area (Å²) in [7, 11) is -3.75. The summed E-state index contributed by atoms with van der Waals surface area (Å²) in [5.74, 6) is -0.223. The van der Waals surface area contributed by atoms with E-state index in [1.807, 2.05) is 6.92 Å². The molecule has 124 valence electrons. The van der Waals surface area contributed by atoms with Gasteiger partial charge >= 0.3 is 0 Å². The van der Waals surface area contributed by atoms with E-state index < -0.39 is 14.8 Å². The lowest BCUT2D eigenvalue weighted by atomic mass is 10.2. The lowest BCUT2D eigenvalue weighted by Crippen LogP contribution is -2.33. The van der Waals surface area contributed by atoms with Crippen LogP contribution in [0.3, 0.4) is 0 Å². The number of aryl methyl sites for hydroxylation is 1. The van der Waals surface area contributed by atoms with Gasteiger partial charge in [-0.3, -0.25) is 4.79 Å². The maximum absolute atomic E-state index is 12.4. The number of sulfonamides is 1. The van der Waals surface area contributed by atoms with Crippen molar-refractivity contribution >= 4 is 44.7 Å². The molecule has 7 nitrogen and oxygen atoms in total. The normalized spacial score (nSPS) is 12.2. The number of carbonyl (C=O) groups excluding carboxylic acids is 1. The second kappa shape index (κ2) is 6.56. The molecule has 0 aliphatic carbocycles. The third-order valence-corrected chi connectivity index (χ3v) is 5.85. The van der Waals surface area contributed by atoms with Crippen molar-refractivity contribution in [3.63, 3.8) is 0 Å². The molecule has 1 amide bonds. The van der Waals surface area contributed by atoms with E-state index in [0.29, 0.717) is 10.0 Å². The van der Waals surface area contributed by atoms with Crippen LogP contribution in [0, 0.1) is 6.92 Å². The molecule has 0 atom stereocenters. The number of amides is 1. The number of benzene rings is 1. The fraction of sp³-hybridized carbons (Fsp3) is 0.308. The molecule has 0 saturated carbocycles. The number of primary sulfonamides is 1. The number of rotatable bonds is 5. The fourth-order valence-electron chi connectivity index (χ4n) is 1.59. The number of aromatic nitrogens is 2. The first-order valence-electron chi connectivity index (χ1n) is 6.51. The highest BCUT2D eigenvalue weighted by Crippen LogP contribution is 2.35. The molecule has 1 aromatic heterocycles. The molecule has 0 saturated heterocycles. The summed E-state index contributed by atoms with van der Waals surface area (Å²) in [6, 6.07) is 5.68. The molecule has 0 fully saturated rings. The lowest BCUT2D eigenvalue weighted by molar-refractivity contribution is -0.117. The summed E-state index contributed by atoms with van der Waals surface area (Å²) in [6.07, 6.45) is 0. The highest BCUT2D eigenvalue weighted by atomic mass is 32.2. The first-order valence-corrected chi connectivity index (χ1v) is 9.69. The van der Waals surface area contributed by atoms with Crippen molar-refractivity contribution in [2.75, 3.05) is 5.32 Å². The van der Waals surface area contributed by atoms with Crippen molar-refractivity contribution in [1.29, 1.82) is 0 Å². The Labute approximate surface area is 142 Å². The SMILES string of the molecule is Cc1nnc(SC(C)(C)C(=O)Nc2ccc(S(N)(=O)=O)cc2)s1. The molecular weight excluding hydrogens is 356 g/mol. The van der Waals surface area contributed by atoms with Gasteiger partial charge in [-0.2, -0.15) is 0 Å². The maximum Gasteiger partial charge on any atom is 0.240 e. The van der Waals surface area contributed by atoms with Gasteiger partial charge in [0.1, 0.15) is 5.01 Å². The molecule has 2 rings (SSSR count). The summed E-state index contributed by atoms with van der Waals surface area (Å²) in [4.78, 5) is 12.4. The van der Waals surface area contributed by atoms with Crippen molar-refractivity contribution in [3.05, 3.63) is 29.3 Å². The predicted octanol–water partition coefficient (Wildman–Crippen LogP) is 2.00. The Morgan fingerprint density at radius 2 is 1.87 bits per heavy atom. The number of anilines is 1. The number of nitrogens with zero attached hydrogens (tertiary/aromatic N) is 2. The Morgan fingerprint density at radius 1 is 1.26 bits per heavy atom. The standard InChI is InChI=1S/C13H16N4O3S3/c1-8-16-17-12(21-8)22-13(2,3)11(18)15-9-4-6-10(7-5-9)23(14,19)20/h4-7H,1-3H3,(H,15,18)(H2,14,19,20). The maximum atomic E-state index is 12.4. The minimum absolute atomic E-state index is 0.00605. The van der Waals surface area contributed by atoms with Gasteiger partial charge in [0.15, 0.2) is 4.34 Å². The van der Waals surface area contributed by atoms with Gasteiger partial charge in [-0.15, -0.1) is 10.2 Å². The van der Waals surface area contributed by atoms with Gasteiger partial charge in [-0.05, 0) is 45.0 Å². The zero-order chi connectivity index (χ0) is 17.3. The van der Waals surface area contributed by atoms with Crippen molar-refractivity contribution < 1.29 is 13.2 Å². The Hall–Kier alpha value is -1.49. The van der Waals surface area contributed by atoms with Crippen LogP contribution in [-0.4, -0.2) is 29.3 Å². The summed E-state index contributed by atoms with van der Waals surface area (Å²) in [6.45, 7) is 5.41. The van der Waals surface area contributed by atoms with Crippen LogP contribution in [0.1, 0.15) is 18.9 Å². The van der Waals surface area contributed by atoms with Gasteiger partial charge in [0, 0.05) is 5.69 Å². The minimum atomic E-state index is -3.75. The highest BCUT2D eigenvalue weighted by Gasteiger charge is 2.30. The summed E-state index contributed by atoms with van der Waals surface area (Å²) >= 11 is 2.74. The smallest absolute Gasteiger partial charge is 0.240 e. The number of hydrogen-bond donors (Lipinski definition) is 2. The molecule has 0 spiro atoms. The number of thioether (sulfide) groups is 1. The molecule has 23 heavy (non-hydrogen) atoms. The average molecular weight is 372 g/mol. The Kier molecular flexibility index (Phi) is 5.09. The molecule has 0 radical (unpaired) electrons. The van der Waals surface area contributed by atoms with Gasteiger partial charge in [0.2, 0.25) is 15.9 Å². The van der Waals surface area contributed by atoms with E-state index in [9.17, 15) is 13.2 Å². The molecule has 3 N–H and O–H groups in total. The van der Waals surface area contributed by atoms with Crippen LogP contribution < -0.4 is 10.5 Å². The van der Waals surface area contributed by atoms with E-state index in [-0.39, 0.29) is 10.8 Å². The largest absolute Gasteiger partial charge is 0.325 e. The van der Waals surface area contributed by atoms with Crippen LogP contribution in [-0.2, 0) is 14.8 Å². The molecule has 0 aliphatic rings. The summed E-state index contributed by atoms with van der Waals surface area (Å²) < 4.78 is 22.4. The van der Waals surface area contributed by atoms with Gasteiger partial charge in [0.05, 0.1) is 9.64 Å². The van der Waals surface area contributed by atoms with Crippen LogP contribution >= 0.6 is 23.1 Å². The quantitative estimate of drug-likeness (QED) is 0.776. The van der Waals surface area contributed by atoms with Crippen LogP contribution in [0.2, 0.25) is 0 Å². The van der Waals surface area contributed by atoms with Crippen molar-refractivity contribution in [1.82, 2.24) is 10.2 Å². The first-order chi connectivity index (χ1) is 10.6. The number of carbonyl (C=O) groups is 1. The fourth-order valence-corrected chi connectivity index (χ4v) is 4.34. The summed E-state index contributed by atoms with van der Waals surface area (Å²) in [5.41, 5.74) is 0.490. The third kappa shape index (κ3) is 4.74. The van der Waals surface area contributed by atoms with E-state index in [1.54, 1.807) is 13.8 Å². The van der Waals surface area contributed by atoms with E-state index >= 15 is 0 Å². The van der Waals surface area contributed by atoms with E-state index in [2.05, 4.69) is 15.5 Å². The first kappa shape index (κ1) is 17.9. The molecule has 0 bridgehead atoms. The van der Waals surface area contributed by atoms with E-state index in [4.69, 9.17) is 5.14 Å². The monoisotopic (exact) mass is 372 g/mol. The Morgan fingerprint density at radius 3 is 2.35 bits per heavy atom.